The van der Waals surface area contributed by atoms with Crippen molar-refractivity contribution in [2.45, 2.75) is 6.10 Å². The number of methoxy groups -OCH3 is 2. The number of hydrogen-bond acceptors (Lipinski definition) is 2. The Morgan fingerprint density at radius 3 is 1.93 bits per heavy atom. The molecule has 0 aliphatic carbocycles. The molecule has 2 heteroatoms. The molecule has 3 aromatic rings. The minimum absolute atomic E-state index is 0.402. The van der Waals surface area contributed by atoms with Crippen molar-refractivity contribution >= 4 is 0 Å². The lowest BCUT2D eigenvalue weighted by Gasteiger charge is -2.13. The van der Waals surface area contributed by atoms with Gasteiger partial charge in [0.15, 0.2) is 0 Å². The largest absolute Gasteiger partial charge is 0.497 e. The highest BCUT2D eigenvalue weighted by molar-refractivity contribution is 5.51. The molecule has 0 saturated heterocycles. The Morgan fingerprint density at radius 1 is 0.704 bits per heavy atom. The lowest BCUT2D eigenvalue weighted by atomic mass is 10.0. The van der Waals surface area contributed by atoms with E-state index in [0.29, 0.717) is 0 Å². The highest BCUT2D eigenvalue weighted by atomic mass is 16.5. The van der Waals surface area contributed by atoms with E-state index < -0.39 is 6.10 Å². The first kappa shape index (κ1) is 18.3. The van der Waals surface area contributed by atoms with E-state index in [0.717, 1.165) is 28.0 Å². The molecule has 27 heavy (non-hydrogen) atoms. The van der Waals surface area contributed by atoms with Gasteiger partial charge >= 0.3 is 0 Å². The maximum Gasteiger partial charge on any atom is 0.144 e. The summed E-state index contributed by atoms with van der Waals surface area (Å²) in [6.07, 6.45) is -0.402. The molecule has 0 spiro atoms. The third-order valence-electron chi connectivity index (χ3n) is 4.01. The second-order valence-corrected chi connectivity index (χ2v) is 5.82. The third kappa shape index (κ3) is 5.02. The molecule has 1 unspecified atom stereocenters. The van der Waals surface area contributed by atoms with E-state index in [-0.39, 0.29) is 0 Å². The van der Waals surface area contributed by atoms with Gasteiger partial charge < -0.3 is 9.47 Å². The summed E-state index contributed by atoms with van der Waals surface area (Å²) in [5, 5.41) is 0. The average Bonchev–Trinajstić information content (AvgIpc) is 2.74. The molecule has 3 rings (SSSR count). The Labute approximate surface area is 160 Å². The van der Waals surface area contributed by atoms with Gasteiger partial charge in [0, 0.05) is 29.4 Å². The highest BCUT2D eigenvalue weighted by Crippen LogP contribution is 2.25. The van der Waals surface area contributed by atoms with Crippen molar-refractivity contribution in [2.24, 2.45) is 0 Å². The Kier molecular flexibility index (Phi) is 6.31. The van der Waals surface area contributed by atoms with Crippen molar-refractivity contribution in [1.82, 2.24) is 0 Å². The van der Waals surface area contributed by atoms with Crippen molar-refractivity contribution < 1.29 is 9.47 Å². The summed E-state index contributed by atoms with van der Waals surface area (Å²) in [4.78, 5) is 0. The predicted octanol–water partition coefficient (Wildman–Crippen LogP) is 4.83. The Balaban J connectivity index is 1.99. The molecule has 132 valence electrons. The SMILES string of the molecule is COc1ccc(C#Cc2ccccc2)c(C(C#Cc2ccccc2)OC)c1. The number of hydrogen-bond donors (Lipinski definition) is 0. The van der Waals surface area contributed by atoms with Gasteiger partial charge in [0.1, 0.15) is 11.9 Å². The lowest BCUT2D eigenvalue weighted by molar-refractivity contribution is 0.150. The molecule has 0 fully saturated rings. The molecule has 0 aliphatic heterocycles. The summed E-state index contributed by atoms with van der Waals surface area (Å²) in [5.74, 6) is 13.6. The van der Waals surface area contributed by atoms with Crippen LogP contribution in [0.2, 0.25) is 0 Å². The normalized spacial score (nSPS) is 10.7. The third-order valence-corrected chi connectivity index (χ3v) is 4.01. The fourth-order valence-corrected chi connectivity index (χ4v) is 2.59. The van der Waals surface area contributed by atoms with Crippen LogP contribution in [-0.4, -0.2) is 14.2 Å². The van der Waals surface area contributed by atoms with Crippen LogP contribution in [0.15, 0.2) is 78.9 Å². The van der Waals surface area contributed by atoms with E-state index in [9.17, 15) is 0 Å². The molecule has 0 N–H and O–H groups in total. The topological polar surface area (TPSA) is 18.5 Å². The standard InChI is InChI=1S/C25H20O2/c1-26-23-17-16-22(15-13-20-9-5-3-6-10-20)24(19-23)25(27-2)18-14-21-11-7-4-8-12-21/h3-12,16-17,19,25H,1-2H3. The minimum Gasteiger partial charge on any atom is -0.497 e. The molecule has 0 bridgehead atoms. The first-order valence-corrected chi connectivity index (χ1v) is 8.64. The van der Waals surface area contributed by atoms with E-state index in [2.05, 4.69) is 23.7 Å². The summed E-state index contributed by atoms with van der Waals surface area (Å²) in [6, 6.07) is 25.5. The van der Waals surface area contributed by atoms with Crippen LogP contribution in [0, 0.1) is 23.7 Å². The molecular formula is C25H20O2. The molecule has 0 aromatic heterocycles. The first-order chi connectivity index (χ1) is 13.3. The second-order valence-electron chi connectivity index (χ2n) is 5.82. The fraction of sp³-hybridized carbons (Fsp3) is 0.120. The first-order valence-electron chi connectivity index (χ1n) is 8.64. The van der Waals surface area contributed by atoms with Crippen molar-refractivity contribution in [3.05, 3.63) is 101 Å². The van der Waals surface area contributed by atoms with Crippen molar-refractivity contribution in [2.75, 3.05) is 14.2 Å². The van der Waals surface area contributed by atoms with E-state index in [1.165, 1.54) is 0 Å². The van der Waals surface area contributed by atoms with Gasteiger partial charge in [0.2, 0.25) is 0 Å². The molecule has 0 radical (unpaired) electrons. The van der Waals surface area contributed by atoms with Crippen LogP contribution >= 0.6 is 0 Å². The van der Waals surface area contributed by atoms with Gasteiger partial charge in [-0.2, -0.15) is 0 Å². The minimum atomic E-state index is -0.402. The van der Waals surface area contributed by atoms with Crippen molar-refractivity contribution in [3.8, 4) is 29.4 Å². The van der Waals surface area contributed by atoms with Crippen LogP contribution in [0.3, 0.4) is 0 Å². The zero-order valence-corrected chi connectivity index (χ0v) is 15.4. The van der Waals surface area contributed by atoms with Crippen LogP contribution in [0.4, 0.5) is 0 Å². The summed E-state index contributed by atoms with van der Waals surface area (Å²) in [6.45, 7) is 0. The number of benzene rings is 3. The quantitative estimate of drug-likeness (QED) is 0.628. The van der Waals surface area contributed by atoms with E-state index >= 15 is 0 Å². The maximum absolute atomic E-state index is 5.65. The summed E-state index contributed by atoms with van der Waals surface area (Å²) >= 11 is 0. The zero-order chi connectivity index (χ0) is 18.9. The van der Waals surface area contributed by atoms with E-state index in [4.69, 9.17) is 9.47 Å². The molecule has 3 aromatic carbocycles. The predicted molar refractivity (Wildman–Crippen MR) is 108 cm³/mol. The Bertz CT molecular complexity index is 1000. The molecule has 0 heterocycles. The lowest BCUT2D eigenvalue weighted by Crippen LogP contribution is -2.02. The molecule has 2 nitrogen and oxygen atoms in total. The van der Waals surface area contributed by atoms with Gasteiger partial charge in [-0.3, -0.25) is 0 Å². The van der Waals surface area contributed by atoms with Gasteiger partial charge in [0.25, 0.3) is 0 Å². The van der Waals surface area contributed by atoms with Crippen LogP contribution in [0.5, 0.6) is 5.75 Å². The summed E-state index contributed by atoms with van der Waals surface area (Å²) in [7, 11) is 3.30. The van der Waals surface area contributed by atoms with E-state index in [1.54, 1.807) is 14.2 Å². The Morgan fingerprint density at radius 2 is 1.33 bits per heavy atom. The van der Waals surface area contributed by atoms with Crippen molar-refractivity contribution in [1.29, 1.82) is 0 Å². The van der Waals surface area contributed by atoms with Crippen LogP contribution < -0.4 is 4.74 Å². The second kappa shape index (κ2) is 9.30. The molecule has 0 saturated carbocycles. The van der Waals surface area contributed by atoms with Crippen molar-refractivity contribution in [3.63, 3.8) is 0 Å². The van der Waals surface area contributed by atoms with Gasteiger partial charge in [-0.05, 0) is 42.5 Å². The average molecular weight is 352 g/mol. The van der Waals surface area contributed by atoms with Crippen LogP contribution in [0.1, 0.15) is 28.4 Å². The Hall–Kier alpha value is -3.46. The zero-order valence-electron chi connectivity index (χ0n) is 15.4. The van der Waals surface area contributed by atoms with Gasteiger partial charge in [0.05, 0.1) is 7.11 Å². The number of rotatable bonds is 3. The van der Waals surface area contributed by atoms with Gasteiger partial charge in [-0.25, -0.2) is 0 Å². The summed E-state index contributed by atoms with van der Waals surface area (Å²) < 4.78 is 11.0. The fourth-order valence-electron chi connectivity index (χ4n) is 2.59. The smallest absolute Gasteiger partial charge is 0.144 e. The van der Waals surface area contributed by atoms with Crippen LogP contribution in [-0.2, 0) is 4.74 Å². The molecule has 0 aliphatic rings. The molecular weight excluding hydrogens is 332 g/mol. The summed E-state index contributed by atoms with van der Waals surface area (Å²) in [5.41, 5.74) is 3.67. The highest BCUT2D eigenvalue weighted by Gasteiger charge is 2.13. The molecule has 0 amide bonds. The monoisotopic (exact) mass is 352 g/mol. The maximum atomic E-state index is 5.65. The number of ether oxygens (including phenoxy) is 2. The van der Waals surface area contributed by atoms with Gasteiger partial charge in [-0.15, -0.1) is 0 Å². The van der Waals surface area contributed by atoms with Gasteiger partial charge in [-0.1, -0.05) is 60.1 Å². The van der Waals surface area contributed by atoms with E-state index in [1.807, 2.05) is 78.9 Å². The van der Waals surface area contributed by atoms with Crippen LogP contribution in [0.25, 0.3) is 0 Å². The molecule has 1 atom stereocenters.